The molecule has 0 aliphatic heterocycles. The predicted octanol–water partition coefficient (Wildman–Crippen LogP) is 4.14. The maximum Gasteiger partial charge on any atom is 0.336 e. The SMILES string of the molecule is CC1CCCC1Nc1ccc(C(=O)O)c2ccccc12. The van der Waals surface area contributed by atoms with Crippen LogP contribution in [0.4, 0.5) is 5.69 Å². The number of aromatic carboxylic acids is 1. The maximum atomic E-state index is 11.3. The molecule has 1 fully saturated rings. The molecule has 3 heteroatoms. The lowest BCUT2D eigenvalue weighted by Gasteiger charge is -2.20. The lowest BCUT2D eigenvalue weighted by molar-refractivity contribution is 0.0699. The van der Waals surface area contributed by atoms with Gasteiger partial charge in [-0.2, -0.15) is 0 Å². The van der Waals surface area contributed by atoms with Crippen molar-refractivity contribution >= 4 is 22.4 Å². The highest BCUT2D eigenvalue weighted by molar-refractivity contribution is 6.07. The van der Waals surface area contributed by atoms with Crippen LogP contribution in [0.15, 0.2) is 36.4 Å². The molecule has 1 aliphatic rings. The van der Waals surface area contributed by atoms with Crippen LogP contribution in [0.2, 0.25) is 0 Å². The first-order valence-electron chi connectivity index (χ1n) is 7.18. The number of hydrogen-bond donors (Lipinski definition) is 2. The lowest BCUT2D eigenvalue weighted by atomic mass is 10.0. The molecule has 2 atom stereocenters. The third-order valence-corrected chi connectivity index (χ3v) is 4.36. The number of carbonyl (C=O) groups is 1. The smallest absolute Gasteiger partial charge is 0.336 e. The summed E-state index contributed by atoms with van der Waals surface area (Å²) in [5.41, 5.74) is 1.41. The molecule has 104 valence electrons. The molecule has 1 aliphatic carbocycles. The molecule has 2 unspecified atom stereocenters. The maximum absolute atomic E-state index is 11.3. The Morgan fingerprint density at radius 3 is 2.55 bits per heavy atom. The van der Waals surface area contributed by atoms with Crippen LogP contribution in [0.1, 0.15) is 36.5 Å². The highest BCUT2D eigenvalue weighted by atomic mass is 16.4. The summed E-state index contributed by atoms with van der Waals surface area (Å²) in [5.74, 6) is -0.199. The van der Waals surface area contributed by atoms with Crippen LogP contribution in [0.25, 0.3) is 10.8 Å². The third kappa shape index (κ3) is 2.24. The monoisotopic (exact) mass is 269 g/mol. The van der Waals surface area contributed by atoms with Crippen LogP contribution >= 0.6 is 0 Å². The van der Waals surface area contributed by atoms with E-state index in [9.17, 15) is 9.90 Å². The quantitative estimate of drug-likeness (QED) is 0.880. The van der Waals surface area contributed by atoms with Gasteiger partial charge in [0.05, 0.1) is 5.56 Å². The third-order valence-electron chi connectivity index (χ3n) is 4.36. The second-order valence-corrected chi connectivity index (χ2v) is 5.67. The number of benzene rings is 2. The second-order valence-electron chi connectivity index (χ2n) is 5.67. The van der Waals surface area contributed by atoms with Crippen LogP contribution in [0, 0.1) is 5.92 Å². The molecule has 0 saturated heterocycles. The van der Waals surface area contributed by atoms with Crippen molar-refractivity contribution in [3.8, 4) is 0 Å². The van der Waals surface area contributed by atoms with Crippen molar-refractivity contribution < 1.29 is 9.90 Å². The van der Waals surface area contributed by atoms with E-state index in [1.807, 2.05) is 30.3 Å². The van der Waals surface area contributed by atoms with Crippen molar-refractivity contribution in [1.82, 2.24) is 0 Å². The van der Waals surface area contributed by atoms with Crippen molar-refractivity contribution in [2.75, 3.05) is 5.32 Å². The van der Waals surface area contributed by atoms with Gasteiger partial charge in [0.2, 0.25) is 0 Å². The Balaban J connectivity index is 2.04. The van der Waals surface area contributed by atoms with Gasteiger partial charge < -0.3 is 10.4 Å². The summed E-state index contributed by atoms with van der Waals surface area (Å²) in [4.78, 5) is 11.3. The summed E-state index contributed by atoms with van der Waals surface area (Å²) in [5, 5.41) is 14.7. The number of carboxylic acids is 1. The van der Waals surface area contributed by atoms with E-state index in [1.165, 1.54) is 19.3 Å². The van der Waals surface area contributed by atoms with Crippen LogP contribution < -0.4 is 5.32 Å². The summed E-state index contributed by atoms with van der Waals surface area (Å²) in [6.45, 7) is 2.28. The molecule has 2 N–H and O–H groups in total. The fourth-order valence-electron chi connectivity index (χ4n) is 3.17. The van der Waals surface area contributed by atoms with Gasteiger partial charge in [0.25, 0.3) is 0 Å². The second kappa shape index (κ2) is 5.16. The molecule has 3 rings (SSSR count). The van der Waals surface area contributed by atoms with E-state index in [-0.39, 0.29) is 0 Å². The van der Waals surface area contributed by atoms with Gasteiger partial charge >= 0.3 is 5.97 Å². The van der Waals surface area contributed by atoms with E-state index in [1.54, 1.807) is 6.07 Å². The summed E-state index contributed by atoms with van der Waals surface area (Å²) in [6, 6.07) is 11.8. The minimum absolute atomic E-state index is 0.366. The van der Waals surface area contributed by atoms with Crippen molar-refractivity contribution in [3.05, 3.63) is 42.0 Å². The number of hydrogen-bond acceptors (Lipinski definition) is 2. The molecule has 0 spiro atoms. The lowest BCUT2D eigenvalue weighted by Crippen LogP contribution is -2.22. The Morgan fingerprint density at radius 1 is 1.15 bits per heavy atom. The predicted molar refractivity (Wildman–Crippen MR) is 81.3 cm³/mol. The fourth-order valence-corrected chi connectivity index (χ4v) is 3.17. The van der Waals surface area contributed by atoms with Gasteiger partial charge in [0, 0.05) is 17.1 Å². The van der Waals surface area contributed by atoms with E-state index in [2.05, 4.69) is 12.2 Å². The number of nitrogens with one attached hydrogen (secondary N) is 1. The van der Waals surface area contributed by atoms with Gasteiger partial charge in [-0.1, -0.05) is 37.6 Å². The van der Waals surface area contributed by atoms with E-state index >= 15 is 0 Å². The molecule has 1 saturated carbocycles. The molecule has 0 aromatic heterocycles. The highest BCUT2D eigenvalue weighted by Gasteiger charge is 2.23. The number of rotatable bonds is 3. The number of fused-ring (bicyclic) bond motifs is 1. The van der Waals surface area contributed by atoms with Crippen LogP contribution in [-0.2, 0) is 0 Å². The van der Waals surface area contributed by atoms with Gasteiger partial charge in [0.15, 0.2) is 0 Å². The Morgan fingerprint density at radius 2 is 1.90 bits per heavy atom. The van der Waals surface area contributed by atoms with Gasteiger partial charge in [-0.3, -0.25) is 0 Å². The van der Waals surface area contributed by atoms with E-state index < -0.39 is 5.97 Å². The van der Waals surface area contributed by atoms with Crippen LogP contribution in [0.3, 0.4) is 0 Å². The van der Waals surface area contributed by atoms with Crippen molar-refractivity contribution in [2.45, 2.75) is 32.2 Å². The molecule has 3 nitrogen and oxygen atoms in total. The van der Waals surface area contributed by atoms with Gasteiger partial charge in [-0.25, -0.2) is 4.79 Å². The summed E-state index contributed by atoms with van der Waals surface area (Å²) >= 11 is 0. The molecule has 20 heavy (non-hydrogen) atoms. The van der Waals surface area contributed by atoms with Gasteiger partial charge in [0.1, 0.15) is 0 Å². The summed E-state index contributed by atoms with van der Waals surface area (Å²) in [7, 11) is 0. The Kier molecular flexibility index (Phi) is 3.35. The first-order valence-corrected chi connectivity index (χ1v) is 7.18. The standard InChI is InChI=1S/C17H19NO2/c1-11-5-4-8-15(11)18-16-10-9-14(17(19)20)12-6-2-3-7-13(12)16/h2-3,6-7,9-11,15,18H,4-5,8H2,1H3,(H,19,20). The van der Waals surface area contributed by atoms with Gasteiger partial charge in [-0.15, -0.1) is 0 Å². The Bertz CT molecular complexity index is 650. The van der Waals surface area contributed by atoms with Crippen molar-refractivity contribution in [2.24, 2.45) is 5.92 Å². The fraction of sp³-hybridized carbons (Fsp3) is 0.353. The highest BCUT2D eigenvalue weighted by Crippen LogP contribution is 2.32. The average Bonchev–Trinajstić information content (AvgIpc) is 2.84. The molecule has 0 heterocycles. The molecule has 0 amide bonds. The zero-order valence-electron chi connectivity index (χ0n) is 11.6. The van der Waals surface area contributed by atoms with E-state index in [0.29, 0.717) is 17.5 Å². The molecule has 2 aromatic rings. The van der Waals surface area contributed by atoms with Crippen molar-refractivity contribution in [1.29, 1.82) is 0 Å². The van der Waals surface area contributed by atoms with Crippen LogP contribution in [-0.4, -0.2) is 17.1 Å². The Labute approximate surface area is 118 Å². The largest absolute Gasteiger partial charge is 0.478 e. The first-order chi connectivity index (χ1) is 9.66. The van der Waals surface area contributed by atoms with E-state index in [0.717, 1.165) is 16.5 Å². The summed E-state index contributed by atoms with van der Waals surface area (Å²) in [6.07, 6.45) is 3.73. The topological polar surface area (TPSA) is 49.3 Å². The van der Waals surface area contributed by atoms with Gasteiger partial charge in [-0.05, 0) is 36.3 Å². The van der Waals surface area contributed by atoms with E-state index in [4.69, 9.17) is 0 Å². The normalized spacial score (nSPS) is 22.1. The number of carboxylic acid groups (broad SMARTS) is 1. The zero-order valence-corrected chi connectivity index (χ0v) is 11.6. The number of anilines is 1. The molecule has 0 bridgehead atoms. The van der Waals surface area contributed by atoms with Crippen LogP contribution in [0.5, 0.6) is 0 Å². The zero-order chi connectivity index (χ0) is 14.1. The van der Waals surface area contributed by atoms with Crippen molar-refractivity contribution in [3.63, 3.8) is 0 Å². The molecular formula is C17H19NO2. The minimum Gasteiger partial charge on any atom is -0.478 e. The molecule has 2 aromatic carbocycles. The summed E-state index contributed by atoms with van der Waals surface area (Å²) < 4.78 is 0. The average molecular weight is 269 g/mol. The first kappa shape index (κ1) is 13.0. The minimum atomic E-state index is -0.873. The molecular weight excluding hydrogens is 250 g/mol. The molecule has 0 radical (unpaired) electrons. The Hall–Kier alpha value is -2.03.